The largest absolute Gasteiger partial charge is 0.461 e. The van der Waals surface area contributed by atoms with Gasteiger partial charge in [0.1, 0.15) is 42.4 Å². The number of methoxy groups -OCH3 is 1. The molecule has 0 unspecified atom stereocenters. The van der Waals surface area contributed by atoms with E-state index in [0.29, 0.717) is 11.1 Å². The molecule has 1 saturated heterocycles. The first-order valence-electron chi connectivity index (χ1n) is 18.6. The van der Waals surface area contributed by atoms with Crippen molar-refractivity contribution < 1.29 is 51.7 Å². The number of rotatable bonds is 18. The number of hydrogen-bond donors (Lipinski definition) is 2. The predicted molar refractivity (Wildman–Crippen MR) is 209 cm³/mol. The maximum Gasteiger partial charge on any atom is 0.459 e. The highest BCUT2D eigenvalue weighted by molar-refractivity contribution is 7.52. The van der Waals surface area contributed by atoms with Crippen LogP contribution in [-0.4, -0.2) is 82.8 Å². The summed E-state index contributed by atoms with van der Waals surface area (Å²) in [6.45, 7) is 9.05. The Labute approximate surface area is 336 Å². The van der Waals surface area contributed by atoms with E-state index in [0.717, 1.165) is 0 Å². The van der Waals surface area contributed by atoms with Crippen molar-refractivity contribution in [3.05, 3.63) is 90.4 Å². The molecule has 18 heteroatoms. The van der Waals surface area contributed by atoms with Gasteiger partial charge in [-0.25, -0.2) is 14.1 Å². The molecule has 1 aliphatic heterocycles. The number of aromatic nitrogens is 3. The first kappa shape index (κ1) is 43.7. The number of nitriles is 1. The van der Waals surface area contributed by atoms with Crippen LogP contribution in [0.1, 0.15) is 52.8 Å². The molecule has 3 N–H and O–H groups in total. The third-order valence-electron chi connectivity index (χ3n) is 9.24. The summed E-state index contributed by atoms with van der Waals surface area (Å²) in [6.07, 6.45) is -3.37. The smallest absolute Gasteiger partial charge is 0.459 e. The number of hydrogen-bond acceptors (Lipinski definition) is 15. The zero-order valence-corrected chi connectivity index (χ0v) is 34.3. The van der Waals surface area contributed by atoms with Crippen LogP contribution in [0.2, 0.25) is 0 Å². The van der Waals surface area contributed by atoms with E-state index >= 15 is 4.57 Å². The number of anilines is 1. The third-order valence-corrected chi connectivity index (χ3v) is 10.8. The summed E-state index contributed by atoms with van der Waals surface area (Å²) in [5.41, 5.74) is 4.17. The first-order chi connectivity index (χ1) is 27.5. The highest BCUT2D eigenvalue weighted by Crippen LogP contribution is 2.49. The van der Waals surface area contributed by atoms with Crippen molar-refractivity contribution in [1.29, 1.82) is 5.26 Å². The van der Waals surface area contributed by atoms with E-state index in [4.69, 9.17) is 38.5 Å². The van der Waals surface area contributed by atoms with Crippen molar-refractivity contribution in [1.82, 2.24) is 19.7 Å². The molecule has 0 bridgehead atoms. The van der Waals surface area contributed by atoms with Gasteiger partial charge in [0.05, 0.1) is 29.7 Å². The minimum Gasteiger partial charge on any atom is -0.461 e. The molecular weight excluding hydrogens is 771 g/mol. The van der Waals surface area contributed by atoms with Crippen molar-refractivity contribution in [2.45, 2.75) is 83.5 Å². The van der Waals surface area contributed by atoms with Crippen LogP contribution in [0, 0.1) is 23.2 Å². The molecule has 1 fully saturated rings. The normalized spacial score (nSPS) is 20.9. The highest BCUT2D eigenvalue weighted by Gasteiger charge is 2.63. The van der Waals surface area contributed by atoms with Crippen LogP contribution in [0.15, 0.2) is 79.1 Å². The number of ether oxygens (including phenoxy) is 5. The third kappa shape index (κ3) is 10.2. The molecule has 6 atom stereocenters. The highest BCUT2D eigenvalue weighted by atomic mass is 31.2. The number of para-hydroxylation sites is 1. The van der Waals surface area contributed by atoms with Crippen molar-refractivity contribution in [2.24, 2.45) is 11.8 Å². The Morgan fingerprint density at radius 2 is 1.62 bits per heavy atom. The molecule has 1 aliphatic rings. The molecule has 0 saturated carbocycles. The quantitative estimate of drug-likeness (QED) is 0.0770. The Bertz CT molecular complexity index is 2140. The molecule has 5 rings (SSSR count). The van der Waals surface area contributed by atoms with Gasteiger partial charge in [0.15, 0.2) is 18.0 Å². The maximum atomic E-state index is 15.0. The van der Waals surface area contributed by atoms with Gasteiger partial charge in [-0.15, -0.1) is 0 Å². The second-order valence-electron chi connectivity index (χ2n) is 14.9. The summed E-state index contributed by atoms with van der Waals surface area (Å²) in [7, 11) is -3.16. The number of carbonyl (C=O) groups is 3. The molecular formula is C40H49N6O11P. The van der Waals surface area contributed by atoms with Gasteiger partial charge >= 0.3 is 25.7 Å². The van der Waals surface area contributed by atoms with Crippen molar-refractivity contribution in [3.8, 4) is 11.8 Å². The Morgan fingerprint density at radius 1 is 0.983 bits per heavy atom. The first-order valence-corrected chi connectivity index (χ1v) is 20.2. The SMILES string of the molecule is COC(C)(C)COC(=O)[C@H](Cc1ccccc1)N[P@](=O)(OC[C@H]1O[C@@](C#N)(c2ccc3c(N)ncnn23)[C@H](OC(=O)C(C)C)[C@@H]1OC(=O)C(C)C)Oc1ccccc1. The van der Waals surface area contributed by atoms with E-state index in [1.54, 1.807) is 90.1 Å². The van der Waals surface area contributed by atoms with Crippen molar-refractivity contribution in [2.75, 3.05) is 26.1 Å². The summed E-state index contributed by atoms with van der Waals surface area (Å²) in [4.78, 5) is 44.4. The summed E-state index contributed by atoms with van der Waals surface area (Å²) in [5.74, 6) is -3.35. The molecule has 0 aliphatic carbocycles. The Balaban J connectivity index is 1.57. The van der Waals surface area contributed by atoms with Crippen LogP contribution in [0.3, 0.4) is 0 Å². The molecule has 58 heavy (non-hydrogen) atoms. The zero-order valence-electron chi connectivity index (χ0n) is 33.4. The molecule has 0 amide bonds. The van der Waals surface area contributed by atoms with Crippen LogP contribution in [-0.2, 0) is 59.2 Å². The van der Waals surface area contributed by atoms with Crippen molar-refractivity contribution in [3.63, 3.8) is 0 Å². The second-order valence-corrected chi connectivity index (χ2v) is 16.6. The lowest BCUT2D eigenvalue weighted by molar-refractivity contribution is -0.173. The van der Waals surface area contributed by atoms with E-state index in [9.17, 15) is 19.6 Å². The lowest BCUT2D eigenvalue weighted by atomic mass is 9.92. The number of nitrogens with two attached hydrogens (primary N) is 1. The summed E-state index contributed by atoms with van der Waals surface area (Å²) in [6, 6.07) is 21.0. The number of fused-ring (bicyclic) bond motifs is 1. The van der Waals surface area contributed by atoms with Gasteiger partial charge in [0.25, 0.3) is 0 Å². The van der Waals surface area contributed by atoms with E-state index in [2.05, 4.69) is 21.2 Å². The number of carbonyl (C=O) groups excluding carboxylic acids is 3. The van der Waals surface area contributed by atoms with Gasteiger partial charge in [-0.2, -0.15) is 15.4 Å². The topological polar surface area (TPSA) is 225 Å². The Hall–Kier alpha value is -5.37. The van der Waals surface area contributed by atoms with Crippen LogP contribution in [0.4, 0.5) is 5.82 Å². The minimum absolute atomic E-state index is 0.00415. The molecule has 310 valence electrons. The molecule has 0 radical (unpaired) electrons. The van der Waals surface area contributed by atoms with E-state index < -0.39 is 79.7 Å². The summed E-state index contributed by atoms with van der Waals surface area (Å²) in [5, 5.41) is 18.0. The van der Waals surface area contributed by atoms with E-state index in [1.165, 1.54) is 36.2 Å². The van der Waals surface area contributed by atoms with Crippen LogP contribution < -0.4 is 15.3 Å². The monoisotopic (exact) mass is 820 g/mol. The number of esters is 3. The Morgan fingerprint density at radius 3 is 2.24 bits per heavy atom. The fourth-order valence-corrected chi connectivity index (χ4v) is 7.34. The van der Waals surface area contributed by atoms with Gasteiger partial charge in [-0.05, 0) is 50.1 Å². The average Bonchev–Trinajstić information content (AvgIpc) is 3.77. The van der Waals surface area contributed by atoms with Crippen LogP contribution >= 0.6 is 7.75 Å². The predicted octanol–water partition coefficient (Wildman–Crippen LogP) is 4.94. The number of nitrogens with zero attached hydrogens (tertiary/aromatic N) is 4. The van der Waals surface area contributed by atoms with Gasteiger partial charge in [-0.1, -0.05) is 76.2 Å². The van der Waals surface area contributed by atoms with Crippen LogP contribution in [0.5, 0.6) is 5.75 Å². The average molecular weight is 821 g/mol. The molecule has 17 nitrogen and oxygen atoms in total. The van der Waals surface area contributed by atoms with Gasteiger partial charge < -0.3 is 33.9 Å². The van der Waals surface area contributed by atoms with E-state index in [1.807, 2.05) is 6.07 Å². The molecule has 2 aromatic heterocycles. The van der Waals surface area contributed by atoms with Crippen LogP contribution in [0.25, 0.3) is 5.52 Å². The lowest BCUT2D eigenvalue weighted by Gasteiger charge is -2.29. The number of benzene rings is 2. The Kier molecular flexibility index (Phi) is 13.9. The van der Waals surface area contributed by atoms with Gasteiger partial charge in [-0.3, -0.25) is 18.9 Å². The molecule has 0 spiro atoms. The fourth-order valence-electron chi connectivity index (χ4n) is 5.84. The second kappa shape index (κ2) is 18.5. The standard InChI is InChI=1S/C40H49N6O11P/c1-25(2)36(47)54-33-31(56-40(22-41,34(33)55-37(48)26(3)4)32-19-18-30-35(42)43-24-44-46(30)32)21-53-58(50,57-28-16-12-9-13-17-28)45-29(20-27-14-10-8-11-15-27)38(49)52-23-39(5,6)51-7/h8-19,24-26,29,31,33-34H,20-21,23H2,1-7H3,(H,45,50)(H2,42,43,44)/t29-,31+,33+,34+,40-,58-/m0/s1. The summed E-state index contributed by atoms with van der Waals surface area (Å²) >= 11 is 0. The maximum absolute atomic E-state index is 15.0. The number of nitrogen functional groups attached to an aromatic ring is 1. The molecule has 4 aromatic rings. The lowest BCUT2D eigenvalue weighted by Crippen LogP contribution is -2.47. The van der Waals surface area contributed by atoms with E-state index in [-0.39, 0.29) is 30.3 Å². The summed E-state index contributed by atoms with van der Waals surface area (Å²) < 4.78 is 57.9. The minimum atomic E-state index is -4.65. The fraction of sp³-hybridized carbons (Fsp3) is 0.450. The van der Waals surface area contributed by atoms with Gasteiger partial charge in [0, 0.05) is 7.11 Å². The molecule has 3 heterocycles. The zero-order chi connectivity index (χ0) is 42.3. The van der Waals surface area contributed by atoms with Gasteiger partial charge in [0.2, 0.25) is 5.60 Å². The van der Waals surface area contributed by atoms with Crippen molar-refractivity contribution >= 4 is 37.0 Å². The number of nitrogens with one attached hydrogen (secondary N) is 1. The molecule has 2 aromatic carbocycles.